The van der Waals surface area contributed by atoms with Crippen LogP contribution in [0.3, 0.4) is 0 Å². The van der Waals surface area contributed by atoms with Gasteiger partial charge in [0.2, 0.25) is 0 Å². The zero-order chi connectivity index (χ0) is 6.97. The zero-order valence-corrected chi connectivity index (χ0v) is 6.32. The Morgan fingerprint density at radius 2 is 2.40 bits per heavy atom. The van der Waals surface area contributed by atoms with E-state index in [2.05, 4.69) is 0 Å². The first-order valence-corrected chi connectivity index (χ1v) is 4.02. The van der Waals surface area contributed by atoms with Crippen molar-refractivity contribution in [2.24, 2.45) is 0 Å². The van der Waals surface area contributed by atoms with E-state index in [0.717, 1.165) is 0 Å². The maximum absolute atomic E-state index is 8.76. The van der Waals surface area contributed by atoms with Crippen molar-refractivity contribution in [3.05, 3.63) is 0 Å². The van der Waals surface area contributed by atoms with Crippen LogP contribution in [0.2, 0.25) is 0 Å². The summed E-state index contributed by atoms with van der Waals surface area (Å²) in [6, 6.07) is 0. The molecule has 0 unspecified atom stereocenters. The van der Waals surface area contributed by atoms with Crippen molar-refractivity contribution < 1.29 is 18.7 Å². The number of rotatable bonds is 1. The normalized spacial score (nSPS) is 45.9. The summed E-state index contributed by atoms with van der Waals surface area (Å²) in [5.74, 6) is 0. The standard InChI is InChI=1S/C5H8O4Si/c6-1-3-5-4(2-7-3)8-10-9-5/h3-6H,1-2H2/t3-,4+,5-/m1/s1. The van der Waals surface area contributed by atoms with E-state index in [4.69, 9.17) is 18.7 Å². The topological polar surface area (TPSA) is 47.9 Å². The number of hydrogen-bond donors (Lipinski definition) is 1. The fourth-order valence-electron chi connectivity index (χ4n) is 1.20. The van der Waals surface area contributed by atoms with Gasteiger partial charge in [0.1, 0.15) is 12.2 Å². The van der Waals surface area contributed by atoms with Crippen LogP contribution in [0.15, 0.2) is 0 Å². The van der Waals surface area contributed by atoms with Gasteiger partial charge in [-0.2, -0.15) is 0 Å². The van der Waals surface area contributed by atoms with Crippen molar-refractivity contribution in [2.75, 3.05) is 13.2 Å². The van der Waals surface area contributed by atoms with Gasteiger partial charge in [0.25, 0.3) is 0 Å². The summed E-state index contributed by atoms with van der Waals surface area (Å²) in [7, 11) is 0.125. The summed E-state index contributed by atoms with van der Waals surface area (Å²) in [4.78, 5) is 0. The number of hydrogen-bond acceptors (Lipinski definition) is 4. The molecule has 2 radical (unpaired) electrons. The smallest absolute Gasteiger partial charge is 0.394 e. The van der Waals surface area contributed by atoms with Crippen LogP contribution in [0.25, 0.3) is 0 Å². The predicted molar refractivity (Wildman–Crippen MR) is 32.3 cm³/mol. The molecular weight excluding hydrogens is 152 g/mol. The van der Waals surface area contributed by atoms with Crippen molar-refractivity contribution in [3.63, 3.8) is 0 Å². The molecule has 2 rings (SSSR count). The minimum Gasteiger partial charge on any atom is -0.394 e. The monoisotopic (exact) mass is 160 g/mol. The van der Waals surface area contributed by atoms with Gasteiger partial charge in [0, 0.05) is 0 Å². The molecule has 2 fully saturated rings. The van der Waals surface area contributed by atoms with Crippen molar-refractivity contribution in [1.29, 1.82) is 0 Å². The van der Waals surface area contributed by atoms with Crippen LogP contribution in [-0.4, -0.2) is 46.6 Å². The summed E-state index contributed by atoms with van der Waals surface area (Å²) in [5.41, 5.74) is 0. The second-order valence-corrected chi connectivity index (χ2v) is 3.01. The van der Waals surface area contributed by atoms with Gasteiger partial charge in [0.15, 0.2) is 0 Å². The molecule has 0 aromatic carbocycles. The average Bonchev–Trinajstić information content (AvgIpc) is 2.44. The molecule has 2 aliphatic rings. The van der Waals surface area contributed by atoms with Gasteiger partial charge in [-0.05, 0) is 0 Å². The van der Waals surface area contributed by atoms with Gasteiger partial charge in [0.05, 0.1) is 19.3 Å². The quantitative estimate of drug-likeness (QED) is 0.484. The highest BCUT2D eigenvalue weighted by molar-refractivity contribution is 6.19. The minimum absolute atomic E-state index is 0.0228. The Labute approximate surface area is 61.1 Å². The first-order valence-electron chi connectivity index (χ1n) is 3.20. The Bertz CT molecular complexity index is 131. The highest BCUT2D eigenvalue weighted by Gasteiger charge is 2.42. The third-order valence-electron chi connectivity index (χ3n) is 1.77. The van der Waals surface area contributed by atoms with Gasteiger partial charge < -0.3 is 18.7 Å². The largest absolute Gasteiger partial charge is 0.434 e. The SMILES string of the molecule is OC[C@H]1OC[C@@H]2O[Si]O[C@@H]21. The van der Waals surface area contributed by atoms with Crippen molar-refractivity contribution >= 4 is 10.0 Å². The van der Waals surface area contributed by atoms with Crippen molar-refractivity contribution in [2.45, 2.75) is 18.3 Å². The van der Waals surface area contributed by atoms with Gasteiger partial charge in [-0.25, -0.2) is 0 Å². The van der Waals surface area contributed by atoms with Crippen LogP contribution < -0.4 is 0 Å². The summed E-state index contributed by atoms with van der Waals surface area (Å²) in [6.45, 7) is 0.581. The molecule has 0 bridgehead atoms. The first kappa shape index (κ1) is 6.75. The second-order valence-electron chi connectivity index (χ2n) is 2.38. The number of ether oxygens (including phenoxy) is 1. The lowest BCUT2D eigenvalue weighted by atomic mass is 10.2. The van der Waals surface area contributed by atoms with E-state index in [1.54, 1.807) is 0 Å². The summed E-state index contributed by atoms with van der Waals surface area (Å²) >= 11 is 0. The van der Waals surface area contributed by atoms with Crippen LogP contribution in [0, 0.1) is 0 Å². The van der Waals surface area contributed by atoms with Gasteiger partial charge in [-0.3, -0.25) is 0 Å². The molecule has 5 heteroatoms. The average molecular weight is 160 g/mol. The predicted octanol–water partition coefficient (Wildman–Crippen LogP) is -1.30. The van der Waals surface area contributed by atoms with Gasteiger partial charge in [-0.1, -0.05) is 0 Å². The fraction of sp³-hybridized carbons (Fsp3) is 1.00. The lowest BCUT2D eigenvalue weighted by Gasteiger charge is -2.11. The summed E-state index contributed by atoms with van der Waals surface area (Å²) < 4.78 is 15.6. The van der Waals surface area contributed by atoms with Crippen LogP contribution in [0.4, 0.5) is 0 Å². The molecule has 2 saturated heterocycles. The van der Waals surface area contributed by atoms with E-state index in [1.165, 1.54) is 0 Å². The van der Waals surface area contributed by atoms with Gasteiger partial charge >= 0.3 is 10.0 Å². The van der Waals surface area contributed by atoms with Crippen molar-refractivity contribution in [1.82, 2.24) is 0 Å². The van der Waals surface area contributed by atoms with Crippen LogP contribution in [0.1, 0.15) is 0 Å². The van der Waals surface area contributed by atoms with E-state index in [-0.39, 0.29) is 34.9 Å². The molecule has 1 N–H and O–H groups in total. The molecule has 0 amide bonds. The van der Waals surface area contributed by atoms with Crippen molar-refractivity contribution in [3.8, 4) is 0 Å². The Kier molecular flexibility index (Phi) is 1.75. The Morgan fingerprint density at radius 1 is 1.50 bits per heavy atom. The molecule has 56 valence electrons. The summed E-state index contributed by atoms with van der Waals surface area (Å²) in [6.07, 6.45) is -0.126. The third kappa shape index (κ3) is 0.905. The van der Waals surface area contributed by atoms with Crippen LogP contribution in [-0.2, 0) is 13.6 Å². The molecule has 4 nitrogen and oxygen atoms in total. The number of aliphatic hydroxyl groups excluding tert-OH is 1. The Balaban J connectivity index is 2.01. The highest BCUT2D eigenvalue weighted by atomic mass is 28.3. The molecular formula is C5H8O4Si. The zero-order valence-electron chi connectivity index (χ0n) is 5.32. The van der Waals surface area contributed by atoms with E-state index < -0.39 is 0 Å². The number of fused-ring (bicyclic) bond motifs is 1. The second kappa shape index (κ2) is 2.59. The molecule has 0 spiro atoms. The van der Waals surface area contributed by atoms with Crippen LogP contribution >= 0.6 is 0 Å². The number of aliphatic hydroxyl groups is 1. The van der Waals surface area contributed by atoms with E-state index in [0.29, 0.717) is 6.61 Å². The Hall–Kier alpha value is 0.0569. The molecule has 2 heterocycles. The maximum Gasteiger partial charge on any atom is 0.434 e. The van der Waals surface area contributed by atoms with E-state index in [1.807, 2.05) is 0 Å². The highest BCUT2D eigenvalue weighted by Crippen LogP contribution is 2.23. The Morgan fingerprint density at radius 3 is 3.20 bits per heavy atom. The lowest BCUT2D eigenvalue weighted by Crippen LogP contribution is -2.30. The molecule has 3 atom stereocenters. The maximum atomic E-state index is 8.76. The van der Waals surface area contributed by atoms with Crippen LogP contribution in [0.5, 0.6) is 0 Å². The molecule has 2 aliphatic heterocycles. The molecule has 0 aromatic rings. The van der Waals surface area contributed by atoms with E-state index >= 15 is 0 Å². The van der Waals surface area contributed by atoms with Gasteiger partial charge in [-0.15, -0.1) is 0 Å². The first-order chi connectivity index (χ1) is 4.92. The molecule has 10 heavy (non-hydrogen) atoms. The fourth-order valence-corrected chi connectivity index (χ4v) is 2.00. The van der Waals surface area contributed by atoms with E-state index in [9.17, 15) is 0 Å². The lowest BCUT2D eigenvalue weighted by molar-refractivity contribution is 0.0135. The third-order valence-corrected chi connectivity index (χ3v) is 2.54. The molecule has 0 aromatic heterocycles. The summed E-state index contributed by atoms with van der Waals surface area (Å²) in [5, 5.41) is 8.76. The minimum atomic E-state index is -0.167. The molecule has 0 saturated carbocycles. The molecule has 0 aliphatic carbocycles.